The van der Waals surface area contributed by atoms with Crippen LogP contribution in [-0.4, -0.2) is 18.4 Å². The monoisotopic (exact) mass is 827 g/mol. The maximum atomic E-state index is 6.55. The van der Waals surface area contributed by atoms with Crippen molar-refractivity contribution in [1.82, 2.24) is 0 Å². The first-order chi connectivity index (χ1) is 31.1. The van der Waals surface area contributed by atoms with Gasteiger partial charge in [-0.1, -0.05) is 159 Å². The van der Waals surface area contributed by atoms with Gasteiger partial charge in [-0.2, -0.15) is 0 Å². The molecular formula is C58H41N3OS. The van der Waals surface area contributed by atoms with Crippen molar-refractivity contribution in [3.63, 3.8) is 0 Å². The van der Waals surface area contributed by atoms with E-state index in [9.17, 15) is 0 Å². The molecule has 0 unspecified atom stereocenters. The second-order valence-electron chi connectivity index (χ2n) is 15.9. The Bertz CT molecular complexity index is 3620. The largest absolute Gasteiger partial charge is 0.456 e. The molecule has 1 aliphatic rings. The smallest absolute Gasteiger partial charge is 0.161 e. The minimum Gasteiger partial charge on any atom is -0.456 e. The minimum atomic E-state index is 0.452. The Morgan fingerprint density at radius 3 is 2.13 bits per heavy atom. The van der Waals surface area contributed by atoms with Crippen LogP contribution in [0.15, 0.2) is 208 Å². The molecule has 2 aromatic heterocycles. The van der Waals surface area contributed by atoms with Gasteiger partial charge in [0.25, 0.3) is 0 Å². The fourth-order valence-corrected chi connectivity index (χ4v) is 10.5. The number of furan rings is 1. The van der Waals surface area contributed by atoms with Gasteiger partial charge in [0.15, 0.2) is 11.7 Å². The molecule has 11 rings (SSSR count). The van der Waals surface area contributed by atoms with Crippen LogP contribution in [0.1, 0.15) is 40.0 Å². The number of amidine groups is 2. The quantitative estimate of drug-likeness (QED) is 0.0855. The summed E-state index contributed by atoms with van der Waals surface area (Å²) in [6, 6.07) is 53.1. The highest BCUT2D eigenvalue weighted by atomic mass is 32.1. The molecule has 0 amide bonds. The molecule has 0 N–H and O–H groups in total. The number of allylic oxidation sites excluding steroid dienone is 5. The average molecular weight is 828 g/mol. The predicted molar refractivity (Wildman–Crippen MR) is 272 cm³/mol. The van der Waals surface area contributed by atoms with Crippen molar-refractivity contribution in [3.8, 4) is 11.1 Å². The molecule has 0 atom stereocenters. The molecule has 0 aliphatic heterocycles. The van der Waals surface area contributed by atoms with E-state index in [0.29, 0.717) is 18.2 Å². The number of thiophene rings is 1. The summed E-state index contributed by atoms with van der Waals surface area (Å²) < 4.78 is 7.75. The van der Waals surface area contributed by atoms with Crippen molar-refractivity contribution in [2.75, 3.05) is 0 Å². The second kappa shape index (κ2) is 15.9. The SMILES string of the molecule is C=Cc1c(C(=C)C2=CC=CCC2)sc2cccc(-c3ccc4oc5cccc(C(N=C)=NC(=NCc6ccccc6)c6ccc7c8ccccc8c8ccccc8c7c6)c5c4c3)c12. The lowest BCUT2D eigenvalue weighted by molar-refractivity contribution is 0.669. The summed E-state index contributed by atoms with van der Waals surface area (Å²) in [5.74, 6) is 1.04. The van der Waals surface area contributed by atoms with E-state index in [-0.39, 0.29) is 0 Å². The van der Waals surface area contributed by atoms with Crippen molar-refractivity contribution < 1.29 is 4.42 Å². The second-order valence-corrected chi connectivity index (χ2v) is 17.0. The number of hydrogen-bond donors (Lipinski definition) is 0. The van der Waals surface area contributed by atoms with Crippen molar-refractivity contribution in [3.05, 3.63) is 216 Å². The number of aliphatic imine (C=N–C) groups is 3. The van der Waals surface area contributed by atoms with E-state index in [0.717, 1.165) is 79.1 Å². The molecule has 5 heteroatoms. The molecule has 10 aromatic rings. The van der Waals surface area contributed by atoms with Gasteiger partial charge in [0, 0.05) is 42.4 Å². The maximum absolute atomic E-state index is 6.55. The maximum Gasteiger partial charge on any atom is 0.161 e. The highest BCUT2D eigenvalue weighted by Gasteiger charge is 2.21. The third-order valence-corrected chi connectivity index (χ3v) is 13.5. The topological polar surface area (TPSA) is 50.2 Å². The Labute approximate surface area is 369 Å². The summed E-state index contributed by atoms with van der Waals surface area (Å²) in [4.78, 5) is 16.3. The Kier molecular flexibility index (Phi) is 9.67. The zero-order chi connectivity index (χ0) is 42.4. The summed E-state index contributed by atoms with van der Waals surface area (Å²) in [7, 11) is 0. The van der Waals surface area contributed by atoms with Gasteiger partial charge in [0.05, 0.1) is 6.54 Å². The van der Waals surface area contributed by atoms with Gasteiger partial charge in [-0.15, -0.1) is 11.3 Å². The van der Waals surface area contributed by atoms with Gasteiger partial charge in [0.1, 0.15) is 11.2 Å². The highest BCUT2D eigenvalue weighted by Crippen LogP contribution is 2.45. The lowest BCUT2D eigenvalue weighted by atomic mass is 9.92. The van der Waals surface area contributed by atoms with Crippen LogP contribution < -0.4 is 0 Å². The van der Waals surface area contributed by atoms with E-state index in [2.05, 4.69) is 164 Å². The summed E-state index contributed by atoms with van der Waals surface area (Å²) in [6.07, 6.45) is 10.5. The Morgan fingerprint density at radius 1 is 0.667 bits per heavy atom. The molecule has 0 bridgehead atoms. The summed E-state index contributed by atoms with van der Waals surface area (Å²) in [5, 5.41) is 10.3. The molecule has 0 saturated carbocycles. The van der Waals surface area contributed by atoms with Crippen LogP contribution in [-0.2, 0) is 6.54 Å². The number of fused-ring (bicyclic) bond motifs is 10. The zero-order valence-electron chi connectivity index (χ0n) is 34.6. The number of benzene rings is 8. The molecule has 2 heterocycles. The van der Waals surface area contributed by atoms with Crippen molar-refractivity contribution in [2.24, 2.45) is 15.0 Å². The van der Waals surface area contributed by atoms with Crippen LogP contribution in [0.5, 0.6) is 0 Å². The van der Waals surface area contributed by atoms with Gasteiger partial charge < -0.3 is 4.42 Å². The molecule has 4 nitrogen and oxygen atoms in total. The van der Waals surface area contributed by atoms with Gasteiger partial charge in [-0.3, -0.25) is 4.99 Å². The van der Waals surface area contributed by atoms with Crippen molar-refractivity contribution >= 4 is 106 Å². The molecule has 300 valence electrons. The first-order valence-corrected chi connectivity index (χ1v) is 22.1. The molecule has 0 spiro atoms. The standard InChI is InChI=1S/C58H41N3OS/c1-4-41-55-42(25-16-28-53(55)63-56(41)36(2)38-19-9-6-10-20-38)39-30-32-51-50(33-39)54-48(26-15-27-52(54)62-51)58(59-3)61-57(60-35-37-17-7-5-8-18-37)40-29-31-47-45-23-12-11-21-43(45)44-22-13-14-24-46(44)49(47)34-40/h4-9,11-19,21-34H,1-3,10,20,35H2. The minimum absolute atomic E-state index is 0.452. The van der Waals surface area contributed by atoms with E-state index in [1.54, 1.807) is 11.3 Å². The zero-order valence-corrected chi connectivity index (χ0v) is 35.5. The van der Waals surface area contributed by atoms with Crippen LogP contribution in [0.2, 0.25) is 0 Å². The van der Waals surface area contributed by atoms with Crippen molar-refractivity contribution in [2.45, 2.75) is 19.4 Å². The number of rotatable bonds is 8. The molecule has 8 aromatic carbocycles. The first-order valence-electron chi connectivity index (χ1n) is 21.2. The highest BCUT2D eigenvalue weighted by molar-refractivity contribution is 7.20. The molecular weight excluding hydrogens is 787 g/mol. The van der Waals surface area contributed by atoms with E-state index in [4.69, 9.17) is 14.4 Å². The predicted octanol–water partition coefficient (Wildman–Crippen LogP) is 16.0. The average Bonchev–Trinajstić information content (AvgIpc) is 3.93. The van der Waals surface area contributed by atoms with Gasteiger partial charge in [-0.05, 0) is 110 Å². The lowest BCUT2D eigenvalue weighted by Gasteiger charge is -2.12. The fraction of sp³-hybridized carbons (Fsp3) is 0.0517. The van der Waals surface area contributed by atoms with Crippen LogP contribution in [0, 0.1) is 0 Å². The van der Waals surface area contributed by atoms with E-state index in [1.165, 1.54) is 47.5 Å². The van der Waals surface area contributed by atoms with Gasteiger partial charge in [0.2, 0.25) is 0 Å². The lowest BCUT2D eigenvalue weighted by Crippen LogP contribution is -2.06. The summed E-state index contributed by atoms with van der Waals surface area (Å²) >= 11 is 1.78. The van der Waals surface area contributed by atoms with E-state index >= 15 is 0 Å². The third kappa shape index (κ3) is 6.65. The summed E-state index contributed by atoms with van der Waals surface area (Å²) in [6.45, 7) is 13.4. The van der Waals surface area contributed by atoms with Crippen molar-refractivity contribution in [1.29, 1.82) is 0 Å². The van der Waals surface area contributed by atoms with Gasteiger partial charge >= 0.3 is 0 Å². The molecule has 0 saturated heterocycles. The number of hydrogen-bond acceptors (Lipinski definition) is 3. The Morgan fingerprint density at radius 2 is 1.40 bits per heavy atom. The van der Waals surface area contributed by atoms with E-state index < -0.39 is 0 Å². The van der Waals surface area contributed by atoms with Crippen LogP contribution in [0.25, 0.3) is 87.1 Å². The normalized spacial score (nSPS) is 13.4. The van der Waals surface area contributed by atoms with Crippen LogP contribution in [0.3, 0.4) is 0 Å². The number of nitrogens with zero attached hydrogens (tertiary/aromatic N) is 3. The van der Waals surface area contributed by atoms with Crippen LogP contribution in [0.4, 0.5) is 0 Å². The third-order valence-electron chi connectivity index (χ3n) is 12.3. The van der Waals surface area contributed by atoms with E-state index in [1.807, 2.05) is 36.4 Å². The molecule has 0 radical (unpaired) electrons. The molecule has 1 aliphatic carbocycles. The Hall–Kier alpha value is -7.73. The molecule has 0 fully saturated rings. The van der Waals surface area contributed by atoms with Gasteiger partial charge in [-0.25, -0.2) is 9.98 Å². The Balaban J connectivity index is 1.07. The fourth-order valence-electron chi connectivity index (χ4n) is 9.28. The van der Waals surface area contributed by atoms with Crippen LogP contribution >= 0.6 is 11.3 Å². The summed E-state index contributed by atoms with van der Waals surface area (Å²) in [5.41, 5.74) is 10.0. The first kappa shape index (κ1) is 38.2. The molecule has 63 heavy (non-hydrogen) atoms.